The average Bonchev–Trinajstić information content (AvgIpc) is 3.49. The summed E-state index contributed by atoms with van der Waals surface area (Å²) in [4.78, 5) is 75.7. The van der Waals surface area contributed by atoms with Gasteiger partial charge in [0.1, 0.15) is 11.5 Å². The van der Waals surface area contributed by atoms with Crippen LogP contribution in [0, 0.1) is 0 Å². The molecular weight excluding hydrogens is 726 g/mol. The second-order valence-electron chi connectivity index (χ2n) is 11.2. The Kier molecular flexibility index (Phi) is 9.63. The van der Waals surface area contributed by atoms with Gasteiger partial charge in [-0.25, -0.2) is 14.6 Å². The molecule has 3 aliphatic heterocycles. The minimum absolute atomic E-state index is 0.00448. The Balaban J connectivity index is 1.26. The fraction of sp³-hybridized carbons (Fsp3) is 0.290. The van der Waals surface area contributed by atoms with Gasteiger partial charge >= 0.3 is 13.8 Å². The third-order valence-corrected chi connectivity index (χ3v) is 10.3. The van der Waals surface area contributed by atoms with Crippen molar-refractivity contribution in [2.45, 2.75) is 37.0 Å². The summed E-state index contributed by atoms with van der Waals surface area (Å²) in [6.07, 6.45) is 1.19. The molecule has 3 heterocycles. The van der Waals surface area contributed by atoms with E-state index in [0.717, 1.165) is 11.8 Å². The molecule has 49 heavy (non-hydrogen) atoms. The lowest BCUT2D eigenvalue weighted by Crippen LogP contribution is -2.33. The number of hydrogen-bond acceptors (Lipinski definition) is 11. The van der Waals surface area contributed by atoms with Crippen molar-refractivity contribution in [3.63, 3.8) is 0 Å². The summed E-state index contributed by atoms with van der Waals surface area (Å²) in [7, 11) is -5.04. The van der Waals surface area contributed by atoms with Crippen LogP contribution in [0.2, 0.25) is 10.0 Å². The molecule has 0 aliphatic carbocycles. The van der Waals surface area contributed by atoms with Crippen molar-refractivity contribution in [1.82, 2.24) is 10.2 Å². The van der Waals surface area contributed by atoms with Gasteiger partial charge in [-0.05, 0) is 42.9 Å². The SMILES string of the molecule is CCSC1CC(=O)N(CCCCNC(=O)c2ccc3c(c2)C(=O)OC32c3cc(Cl)c(OO)cc3Oc3cc(OP(=O)(O)O)c(Cl)cc32)C1=O. The number of nitrogens with one attached hydrogen (secondary N) is 1. The summed E-state index contributed by atoms with van der Waals surface area (Å²) >= 11 is 14.2. The number of hydrogen-bond donors (Lipinski definition) is 4. The minimum Gasteiger partial charge on any atom is -0.456 e. The molecule has 1 spiro atoms. The molecule has 18 heteroatoms. The molecule has 258 valence electrons. The third kappa shape index (κ3) is 6.47. The monoisotopic (exact) mass is 752 g/mol. The number of unbranched alkanes of at least 4 members (excludes halogenated alkanes) is 1. The lowest BCUT2D eigenvalue weighted by Gasteiger charge is -2.37. The van der Waals surface area contributed by atoms with Crippen molar-refractivity contribution in [2.75, 3.05) is 18.8 Å². The van der Waals surface area contributed by atoms with Crippen LogP contribution in [-0.2, 0) is 24.5 Å². The van der Waals surface area contributed by atoms with Gasteiger partial charge in [0.15, 0.2) is 17.1 Å². The Morgan fingerprint density at radius 2 is 1.71 bits per heavy atom. The molecule has 4 N–H and O–H groups in total. The van der Waals surface area contributed by atoms with E-state index in [-0.39, 0.29) is 91.7 Å². The molecule has 3 amide bonds. The van der Waals surface area contributed by atoms with Crippen molar-refractivity contribution in [2.24, 2.45) is 0 Å². The first-order valence-corrected chi connectivity index (χ1v) is 18.1. The van der Waals surface area contributed by atoms with Crippen molar-refractivity contribution in [3.8, 4) is 23.0 Å². The van der Waals surface area contributed by atoms with Crippen LogP contribution in [0.3, 0.4) is 0 Å². The van der Waals surface area contributed by atoms with E-state index in [4.69, 9.17) is 37.2 Å². The van der Waals surface area contributed by atoms with E-state index < -0.39 is 31.0 Å². The topological polar surface area (TPSA) is 198 Å². The number of esters is 1. The second-order valence-corrected chi connectivity index (χ2v) is 14.6. The molecule has 3 aromatic carbocycles. The van der Waals surface area contributed by atoms with E-state index in [0.29, 0.717) is 12.8 Å². The van der Waals surface area contributed by atoms with Gasteiger partial charge in [-0.15, -0.1) is 11.8 Å². The molecule has 2 atom stereocenters. The van der Waals surface area contributed by atoms with E-state index in [1.807, 2.05) is 6.92 Å². The van der Waals surface area contributed by atoms with Gasteiger partial charge in [-0.3, -0.25) is 29.1 Å². The molecule has 0 aromatic heterocycles. The van der Waals surface area contributed by atoms with Crippen molar-refractivity contribution >= 4 is 66.5 Å². The fourth-order valence-corrected chi connectivity index (χ4v) is 7.84. The summed E-state index contributed by atoms with van der Waals surface area (Å²) in [6.45, 7) is 2.44. The predicted molar refractivity (Wildman–Crippen MR) is 175 cm³/mol. The number of halogens is 2. The van der Waals surface area contributed by atoms with E-state index in [9.17, 15) is 38.8 Å². The lowest BCUT2D eigenvalue weighted by atomic mass is 9.77. The maximum absolute atomic E-state index is 13.5. The first-order valence-electron chi connectivity index (χ1n) is 14.8. The Morgan fingerprint density at radius 3 is 2.37 bits per heavy atom. The highest BCUT2D eigenvalue weighted by Gasteiger charge is 2.54. The van der Waals surface area contributed by atoms with Crippen LogP contribution in [0.1, 0.15) is 63.6 Å². The molecule has 1 fully saturated rings. The van der Waals surface area contributed by atoms with Crippen molar-refractivity contribution < 1.29 is 57.7 Å². The van der Waals surface area contributed by atoms with Crippen LogP contribution in [0.25, 0.3) is 0 Å². The highest BCUT2D eigenvalue weighted by Crippen LogP contribution is 2.59. The van der Waals surface area contributed by atoms with Gasteiger partial charge in [-0.2, -0.15) is 0 Å². The number of nitrogens with zero attached hydrogens (tertiary/aromatic N) is 1. The quantitative estimate of drug-likeness (QED) is 0.0494. The molecule has 14 nitrogen and oxygen atoms in total. The van der Waals surface area contributed by atoms with Gasteiger partial charge in [0.05, 0.1) is 20.9 Å². The van der Waals surface area contributed by atoms with Crippen LogP contribution >= 0.6 is 42.8 Å². The predicted octanol–water partition coefficient (Wildman–Crippen LogP) is 5.28. The van der Waals surface area contributed by atoms with Gasteiger partial charge in [0.2, 0.25) is 11.8 Å². The number of imide groups is 1. The fourth-order valence-electron chi connectivity index (χ4n) is 6.05. The van der Waals surface area contributed by atoms with Crippen molar-refractivity contribution in [1.29, 1.82) is 0 Å². The number of rotatable bonds is 11. The molecule has 3 aromatic rings. The zero-order valence-electron chi connectivity index (χ0n) is 25.4. The largest absolute Gasteiger partial charge is 0.524 e. The number of phosphoric ester groups is 1. The second kappa shape index (κ2) is 13.5. The number of phosphoric acid groups is 1. The van der Waals surface area contributed by atoms with E-state index in [2.05, 4.69) is 10.2 Å². The van der Waals surface area contributed by atoms with Gasteiger partial charge in [0, 0.05) is 53.9 Å². The molecular formula is C31H27Cl2N2O12PS. The molecule has 1 saturated heterocycles. The average molecular weight is 754 g/mol. The van der Waals surface area contributed by atoms with Gasteiger partial charge in [0.25, 0.3) is 5.91 Å². The summed E-state index contributed by atoms with van der Waals surface area (Å²) in [5.74, 6) is -1.61. The van der Waals surface area contributed by atoms with E-state index in [1.54, 1.807) is 0 Å². The normalized spacial score (nSPS) is 19.3. The van der Waals surface area contributed by atoms with Crippen LogP contribution < -0.4 is 19.5 Å². The Bertz CT molecular complexity index is 1960. The number of carbonyl (C=O) groups is 4. The molecule has 0 radical (unpaired) electrons. The molecule has 0 saturated carbocycles. The minimum atomic E-state index is -5.04. The lowest BCUT2D eigenvalue weighted by molar-refractivity contribution is -0.138. The number of fused-ring (bicyclic) bond motifs is 6. The molecule has 6 rings (SSSR count). The zero-order chi connectivity index (χ0) is 35.2. The standard InChI is InChI=1S/C31H27Cl2N2O12PS/c1-2-49-26-14-27(36)35(29(26)38)8-4-3-7-34-28(37)15-5-6-17-16(9-15)30(39)45-31(17)18-10-20(32)24(46-40)12-22(18)44-23-13-25(47-48(41,42)43)21(33)11-19(23)31/h5-6,9-13,26,40H,2-4,7-8,14H2,1H3,(H,34,37)(H2,41,42,43). The Morgan fingerprint density at radius 1 is 1.04 bits per heavy atom. The van der Waals surface area contributed by atoms with E-state index in [1.165, 1.54) is 53.1 Å². The number of carbonyl (C=O) groups excluding carboxylic acids is 4. The van der Waals surface area contributed by atoms with E-state index >= 15 is 0 Å². The van der Waals surface area contributed by atoms with Crippen molar-refractivity contribution in [3.05, 3.63) is 80.3 Å². The maximum Gasteiger partial charge on any atom is 0.524 e. The third-order valence-electron chi connectivity index (χ3n) is 8.15. The van der Waals surface area contributed by atoms with Crippen LogP contribution in [0.15, 0.2) is 42.5 Å². The van der Waals surface area contributed by atoms with Gasteiger partial charge < -0.3 is 24.2 Å². The maximum atomic E-state index is 13.5. The van der Waals surface area contributed by atoms with Crippen LogP contribution in [0.4, 0.5) is 0 Å². The highest BCUT2D eigenvalue weighted by molar-refractivity contribution is 8.00. The number of thioether (sulfide) groups is 1. The zero-order valence-corrected chi connectivity index (χ0v) is 28.7. The summed E-state index contributed by atoms with van der Waals surface area (Å²) in [5, 5.41) is 11.5. The van der Waals surface area contributed by atoms with Crippen LogP contribution in [0.5, 0.6) is 23.0 Å². The summed E-state index contributed by atoms with van der Waals surface area (Å²) in [5.41, 5.74) is -0.976. The molecule has 3 aliphatic rings. The first kappa shape index (κ1) is 35.0. The molecule has 2 unspecified atom stereocenters. The number of benzene rings is 3. The van der Waals surface area contributed by atoms with Crippen LogP contribution in [-0.4, -0.2) is 67.7 Å². The Labute approximate surface area is 292 Å². The number of ether oxygens (including phenoxy) is 2. The smallest absolute Gasteiger partial charge is 0.456 e. The Hall–Kier alpha value is -3.82. The summed E-state index contributed by atoms with van der Waals surface area (Å²) < 4.78 is 28.3. The van der Waals surface area contributed by atoms with Gasteiger partial charge in [-0.1, -0.05) is 36.2 Å². The summed E-state index contributed by atoms with van der Waals surface area (Å²) in [6, 6.07) is 9.33. The highest BCUT2D eigenvalue weighted by atomic mass is 35.5. The first-order chi connectivity index (χ1) is 23.3. The molecule has 0 bridgehead atoms. The number of amides is 3. The number of likely N-dealkylation sites (tertiary alicyclic amines) is 1.